The number of aromatic nitrogens is 1. The summed E-state index contributed by atoms with van der Waals surface area (Å²) in [5, 5.41) is 9.41. The fourth-order valence-electron chi connectivity index (χ4n) is 1.69. The van der Waals surface area contributed by atoms with E-state index < -0.39 is 25.2 Å². The van der Waals surface area contributed by atoms with E-state index in [0.29, 0.717) is 10.9 Å². The Balaban J connectivity index is 2.37. The number of fused-ring (bicyclic) bond motifs is 1. The van der Waals surface area contributed by atoms with Gasteiger partial charge in [0.2, 0.25) is 0 Å². The van der Waals surface area contributed by atoms with Crippen molar-refractivity contribution >= 4 is 16.9 Å². The third kappa shape index (κ3) is 3.17. The van der Waals surface area contributed by atoms with Crippen LogP contribution in [0.1, 0.15) is 16.8 Å². The fourth-order valence-corrected chi connectivity index (χ4v) is 1.69. The number of carboxylic acid groups (broad SMARTS) is 1. The van der Waals surface area contributed by atoms with E-state index in [1.807, 2.05) is 0 Å². The first-order valence-electron chi connectivity index (χ1n) is 5.69. The van der Waals surface area contributed by atoms with Crippen molar-refractivity contribution in [2.24, 2.45) is 0 Å². The van der Waals surface area contributed by atoms with Crippen molar-refractivity contribution in [3.63, 3.8) is 0 Å². The lowest BCUT2D eigenvalue weighted by Crippen LogP contribution is -2.14. The molecule has 0 saturated carbocycles. The lowest BCUT2D eigenvalue weighted by molar-refractivity contribution is -0.139. The number of nitrogens with zero attached hydrogens (tertiary/aromatic N) is 1. The van der Waals surface area contributed by atoms with Gasteiger partial charge in [0.1, 0.15) is 11.3 Å². The first kappa shape index (κ1) is 14.1. The van der Waals surface area contributed by atoms with Gasteiger partial charge >= 0.3 is 12.1 Å². The zero-order valence-electron chi connectivity index (χ0n) is 10.1. The summed E-state index contributed by atoms with van der Waals surface area (Å²) in [7, 11) is 0. The molecule has 1 aromatic heterocycles. The van der Waals surface area contributed by atoms with Crippen molar-refractivity contribution in [2.75, 3.05) is 6.61 Å². The number of halogens is 3. The molecule has 0 atom stereocenters. The highest BCUT2D eigenvalue weighted by Gasteiger charge is 2.27. The van der Waals surface area contributed by atoms with Crippen LogP contribution in [-0.4, -0.2) is 28.8 Å². The van der Waals surface area contributed by atoms with Crippen molar-refractivity contribution in [1.82, 2.24) is 4.98 Å². The average Bonchev–Trinajstić information content (AvgIpc) is 2.37. The number of hydrogen-bond acceptors (Lipinski definition) is 3. The Morgan fingerprint density at radius 2 is 2.00 bits per heavy atom. The molecule has 0 unspecified atom stereocenters. The van der Waals surface area contributed by atoms with Crippen molar-refractivity contribution in [3.8, 4) is 5.75 Å². The summed E-state index contributed by atoms with van der Waals surface area (Å²) in [5.41, 5.74) is 0.199. The number of pyridine rings is 1. The predicted octanol–water partition coefficient (Wildman–Crippen LogP) is 3.26. The lowest BCUT2D eigenvalue weighted by Gasteiger charge is -2.12. The van der Waals surface area contributed by atoms with Crippen LogP contribution in [0.2, 0.25) is 0 Å². The van der Waals surface area contributed by atoms with Crippen LogP contribution in [0.15, 0.2) is 30.5 Å². The number of aromatic carboxylic acids is 1. The number of para-hydroxylation sites is 1. The van der Waals surface area contributed by atoms with Gasteiger partial charge in [0, 0.05) is 11.6 Å². The van der Waals surface area contributed by atoms with E-state index in [9.17, 15) is 18.0 Å². The van der Waals surface area contributed by atoms with Crippen molar-refractivity contribution in [2.45, 2.75) is 12.6 Å². The predicted molar refractivity (Wildman–Crippen MR) is 64.9 cm³/mol. The first-order chi connectivity index (χ1) is 9.38. The number of carboxylic acids is 1. The standard InChI is InChI=1S/C13H10F3NO3/c14-13(15,16)5-6-20-11-8-3-1-2-4-10(8)17-7-9(11)12(18)19/h1-4,7H,5-6H2,(H,18,19). The Labute approximate surface area is 111 Å². The van der Waals surface area contributed by atoms with Gasteiger partial charge in [0.25, 0.3) is 0 Å². The second kappa shape index (κ2) is 5.36. The van der Waals surface area contributed by atoms with Gasteiger partial charge in [-0.1, -0.05) is 12.1 Å². The van der Waals surface area contributed by atoms with E-state index in [2.05, 4.69) is 4.98 Å². The molecule has 0 saturated heterocycles. The van der Waals surface area contributed by atoms with Gasteiger partial charge in [-0.15, -0.1) is 0 Å². The Morgan fingerprint density at radius 3 is 2.65 bits per heavy atom. The topological polar surface area (TPSA) is 59.4 Å². The van der Waals surface area contributed by atoms with Gasteiger partial charge in [0.05, 0.1) is 18.5 Å². The molecule has 0 fully saturated rings. The Hall–Kier alpha value is -2.31. The molecule has 1 N–H and O–H groups in total. The Bertz CT molecular complexity index is 640. The second-order valence-electron chi connectivity index (χ2n) is 4.04. The van der Waals surface area contributed by atoms with E-state index >= 15 is 0 Å². The molecular formula is C13H10F3NO3. The zero-order valence-corrected chi connectivity index (χ0v) is 10.1. The summed E-state index contributed by atoms with van der Waals surface area (Å²) >= 11 is 0. The van der Waals surface area contributed by atoms with Gasteiger partial charge < -0.3 is 9.84 Å². The maximum Gasteiger partial charge on any atom is 0.392 e. The minimum absolute atomic E-state index is 0.0904. The number of benzene rings is 1. The molecule has 7 heteroatoms. The molecule has 0 amide bonds. The number of alkyl halides is 3. The largest absolute Gasteiger partial charge is 0.492 e. The van der Waals surface area contributed by atoms with Gasteiger partial charge in [-0.3, -0.25) is 4.98 Å². The van der Waals surface area contributed by atoms with Crippen LogP contribution >= 0.6 is 0 Å². The number of ether oxygens (including phenoxy) is 1. The molecule has 2 rings (SSSR count). The second-order valence-corrected chi connectivity index (χ2v) is 4.04. The third-order valence-electron chi connectivity index (χ3n) is 2.59. The molecule has 1 aromatic carbocycles. The third-order valence-corrected chi connectivity index (χ3v) is 2.59. The van der Waals surface area contributed by atoms with Gasteiger partial charge in [0.15, 0.2) is 0 Å². The van der Waals surface area contributed by atoms with Crippen molar-refractivity contribution < 1.29 is 27.8 Å². The van der Waals surface area contributed by atoms with E-state index in [1.54, 1.807) is 24.3 Å². The molecule has 0 aliphatic heterocycles. The SMILES string of the molecule is O=C(O)c1cnc2ccccc2c1OCCC(F)(F)F. The van der Waals surface area contributed by atoms with Crippen LogP contribution in [-0.2, 0) is 0 Å². The number of carbonyl (C=O) groups is 1. The molecule has 0 aliphatic rings. The lowest BCUT2D eigenvalue weighted by atomic mass is 10.1. The molecule has 20 heavy (non-hydrogen) atoms. The van der Waals surface area contributed by atoms with E-state index in [4.69, 9.17) is 9.84 Å². The summed E-state index contributed by atoms with van der Waals surface area (Å²) in [5.74, 6) is -1.39. The average molecular weight is 285 g/mol. The number of hydrogen-bond donors (Lipinski definition) is 1. The van der Waals surface area contributed by atoms with E-state index in [1.165, 1.54) is 0 Å². The Kier molecular flexibility index (Phi) is 3.78. The van der Waals surface area contributed by atoms with Crippen molar-refractivity contribution in [1.29, 1.82) is 0 Å². The fraction of sp³-hybridized carbons (Fsp3) is 0.231. The summed E-state index contributed by atoms with van der Waals surface area (Å²) in [6.45, 7) is -0.641. The van der Waals surface area contributed by atoms with E-state index in [0.717, 1.165) is 6.20 Å². The molecule has 4 nitrogen and oxygen atoms in total. The Morgan fingerprint density at radius 1 is 1.30 bits per heavy atom. The maximum absolute atomic E-state index is 12.1. The summed E-state index contributed by atoms with van der Waals surface area (Å²) in [6, 6.07) is 6.50. The van der Waals surface area contributed by atoms with Crippen molar-refractivity contribution in [3.05, 3.63) is 36.0 Å². The normalized spacial score (nSPS) is 11.6. The molecule has 0 aliphatic carbocycles. The molecule has 0 bridgehead atoms. The van der Waals surface area contributed by atoms with Crippen LogP contribution in [0, 0.1) is 0 Å². The molecule has 1 heterocycles. The quantitative estimate of drug-likeness (QED) is 0.936. The van der Waals surface area contributed by atoms with Crippen LogP contribution in [0.5, 0.6) is 5.75 Å². The van der Waals surface area contributed by atoms with Gasteiger partial charge in [-0.2, -0.15) is 13.2 Å². The molecular weight excluding hydrogens is 275 g/mol. The summed E-state index contributed by atoms with van der Waals surface area (Å²) in [6.07, 6.45) is -4.43. The van der Waals surface area contributed by atoms with Crippen LogP contribution < -0.4 is 4.74 Å². The minimum Gasteiger partial charge on any atom is -0.492 e. The summed E-state index contributed by atoms with van der Waals surface area (Å²) in [4.78, 5) is 15.0. The molecule has 106 valence electrons. The smallest absolute Gasteiger partial charge is 0.392 e. The summed E-state index contributed by atoms with van der Waals surface area (Å²) < 4.78 is 41.4. The monoisotopic (exact) mass is 285 g/mol. The highest BCUT2D eigenvalue weighted by Crippen LogP contribution is 2.29. The minimum atomic E-state index is -4.35. The maximum atomic E-state index is 12.1. The molecule has 2 aromatic rings. The molecule has 0 radical (unpaired) electrons. The highest BCUT2D eigenvalue weighted by molar-refractivity contribution is 5.98. The highest BCUT2D eigenvalue weighted by atomic mass is 19.4. The van der Waals surface area contributed by atoms with E-state index in [-0.39, 0.29) is 11.3 Å². The number of rotatable bonds is 4. The molecule has 0 spiro atoms. The van der Waals surface area contributed by atoms with Gasteiger partial charge in [-0.25, -0.2) is 4.79 Å². The van der Waals surface area contributed by atoms with Crippen LogP contribution in [0.4, 0.5) is 13.2 Å². The van der Waals surface area contributed by atoms with Crippen LogP contribution in [0.25, 0.3) is 10.9 Å². The van der Waals surface area contributed by atoms with Gasteiger partial charge in [-0.05, 0) is 12.1 Å². The zero-order chi connectivity index (χ0) is 14.8. The first-order valence-corrected chi connectivity index (χ1v) is 5.69. The van der Waals surface area contributed by atoms with Crippen LogP contribution in [0.3, 0.4) is 0 Å².